The first-order chi connectivity index (χ1) is 7.74. The van der Waals surface area contributed by atoms with Crippen molar-refractivity contribution in [3.8, 4) is 0 Å². The van der Waals surface area contributed by atoms with Crippen molar-refractivity contribution in [2.45, 2.75) is 19.4 Å². The maximum absolute atomic E-state index is 5.83. The molecule has 2 aromatic rings. The molecule has 0 aliphatic rings. The zero-order valence-corrected chi connectivity index (χ0v) is 10.4. The molecule has 0 saturated carbocycles. The van der Waals surface area contributed by atoms with E-state index in [2.05, 4.69) is 22.4 Å². The van der Waals surface area contributed by atoms with Gasteiger partial charge < -0.3 is 5.32 Å². The topological polar surface area (TPSA) is 37.8 Å². The van der Waals surface area contributed by atoms with E-state index in [1.165, 1.54) is 16.9 Å². The van der Waals surface area contributed by atoms with Gasteiger partial charge in [-0.15, -0.1) is 10.2 Å². The highest BCUT2D eigenvalue weighted by molar-refractivity contribution is 7.13. The van der Waals surface area contributed by atoms with Crippen LogP contribution in [0.4, 0.5) is 5.13 Å². The van der Waals surface area contributed by atoms with Crippen LogP contribution in [-0.2, 0) is 6.42 Å². The summed E-state index contributed by atoms with van der Waals surface area (Å²) in [6.45, 7) is 2.12. The molecule has 1 atom stereocenters. The minimum atomic E-state index is 0.328. The molecule has 0 amide bonds. The van der Waals surface area contributed by atoms with Crippen LogP contribution in [0, 0.1) is 0 Å². The number of hydrogen-bond donors (Lipinski definition) is 1. The van der Waals surface area contributed by atoms with Crippen molar-refractivity contribution in [3.05, 3.63) is 40.4 Å². The second kappa shape index (κ2) is 5.27. The molecule has 1 aromatic carbocycles. The van der Waals surface area contributed by atoms with Crippen LogP contribution in [0.25, 0.3) is 0 Å². The first-order valence-corrected chi connectivity index (χ1v) is 6.27. The third kappa shape index (κ3) is 3.18. The third-order valence-electron chi connectivity index (χ3n) is 2.19. The van der Waals surface area contributed by atoms with Crippen LogP contribution >= 0.6 is 22.9 Å². The van der Waals surface area contributed by atoms with Gasteiger partial charge in [0, 0.05) is 11.1 Å². The van der Waals surface area contributed by atoms with Gasteiger partial charge in [0.15, 0.2) is 0 Å². The Hall–Kier alpha value is -1.13. The van der Waals surface area contributed by atoms with Crippen molar-refractivity contribution >= 4 is 28.1 Å². The molecule has 2 rings (SSSR count). The highest BCUT2D eigenvalue weighted by atomic mass is 35.5. The number of nitrogens with zero attached hydrogens (tertiary/aromatic N) is 2. The Bertz CT molecular complexity index is 427. The molecule has 0 aliphatic carbocycles. The number of aromatic nitrogens is 2. The maximum atomic E-state index is 5.83. The van der Waals surface area contributed by atoms with Crippen molar-refractivity contribution in [1.82, 2.24) is 10.2 Å². The summed E-state index contributed by atoms with van der Waals surface area (Å²) in [5.74, 6) is 0. The van der Waals surface area contributed by atoms with E-state index in [0.29, 0.717) is 6.04 Å². The monoisotopic (exact) mass is 253 g/mol. The Morgan fingerprint density at radius 3 is 2.75 bits per heavy atom. The third-order valence-corrected chi connectivity index (χ3v) is 3.06. The number of anilines is 1. The van der Waals surface area contributed by atoms with Gasteiger partial charge in [-0.25, -0.2) is 0 Å². The number of hydrogen-bond acceptors (Lipinski definition) is 4. The standard InChI is InChI=1S/C11H12ClN3S/c1-8(14-11-15-13-7-16-11)6-9-2-4-10(12)5-3-9/h2-5,7-8H,6H2,1H3,(H,14,15). The molecule has 0 radical (unpaired) electrons. The normalized spacial score (nSPS) is 12.4. The minimum Gasteiger partial charge on any atom is -0.357 e. The Kier molecular flexibility index (Phi) is 3.74. The fourth-order valence-electron chi connectivity index (χ4n) is 1.47. The van der Waals surface area contributed by atoms with E-state index in [1.807, 2.05) is 24.3 Å². The second-order valence-electron chi connectivity index (χ2n) is 3.62. The number of benzene rings is 1. The molecule has 1 unspecified atom stereocenters. The smallest absolute Gasteiger partial charge is 0.205 e. The van der Waals surface area contributed by atoms with Gasteiger partial charge >= 0.3 is 0 Å². The number of rotatable bonds is 4. The van der Waals surface area contributed by atoms with Crippen LogP contribution in [-0.4, -0.2) is 16.2 Å². The molecule has 1 aromatic heterocycles. The van der Waals surface area contributed by atoms with Gasteiger partial charge in [-0.2, -0.15) is 0 Å². The molecular formula is C11H12ClN3S. The van der Waals surface area contributed by atoms with Crippen LogP contribution in [0.2, 0.25) is 5.02 Å². The molecule has 1 heterocycles. The molecule has 1 N–H and O–H groups in total. The fraction of sp³-hybridized carbons (Fsp3) is 0.273. The molecule has 0 spiro atoms. The number of nitrogens with one attached hydrogen (secondary N) is 1. The SMILES string of the molecule is CC(Cc1ccc(Cl)cc1)Nc1nncs1. The molecule has 5 heteroatoms. The Morgan fingerprint density at radius 2 is 2.12 bits per heavy atom. The molecular weight excluding hydrogens is 242 g/mol. The van der Waals surface area contributed by atoms with Crippen LogP contribution in [0.15, 0.2) is 29.8 Å². The lowest BCUT2D eigenvalue weighted by atomic mass is 10.1. The lowest BCUT2D eigenvalue weighted by Gasteiger charge is -2.12. The summed E-state index contributed by atoms with van der Waals surface area (Å²) in [5.41, 5.74) is 2.98. The van der Waals surface area contributed by atoms with Crippen molar-refractivity contribution in [2.75, 3.05) is 5.32 Å². The summed E-state index contributed by atoms with van der Waals surface area (Å²) in [4.78, 5) is 0. The van der Waals surface area contributed by atoms with Gasteiger partial charge in [-0.1, -0.05) is 35.1 Å². The molecule has 0 bridgehead atoms. The summed E-state index contributed by atoms with van der Waals surface area (Å²) >= 11 is 7.34. The van der Waals surface area contributed by atoms with Gasteiger partial charge in [0.2, 0.25) is 5.13 Å². The van der Waals surface area contributed by atoms with Crippen LogP contribution in [0.1, 0.15) is 12.5 Å². The highest BCUT2D eigenvalue weighted by Crippen LogP contribution is 2.14. The summed E-state index contributed by atoms with van der Waals surface area (Å²) < 4.78 is 0. The zero-order valence-electron chi connectivity index (χ0n) is 8.85. The molecule has 0 fully saturated rings. The predicted molar refractivity (Wildman–Crippen MR) is 68.1 cm³/mol. The quantitative estimate of drug-likeness (QED) is 0.909. The largest absolute Gasteiger partial charge is 0.357 e. The predicted octanol–water partition coefficient (Wildman–Crippen LogP) is 3.23. The first kappa shape index (κ1) is 11.4. The van der Waals surface area contributed by atoms with E-state index < -0.39 is 0 Å². The van der Waals surface area contributed by atoms with Crippen LogP contribution in [0.5, 0.6) is 0 Å². The Balaban J connectivity index is 1.92. The van der Waals surface area contributed by atoms with Crippen LogP contribution < -0.4 is 5.32 Å². The first-order valence-electron chi connectivity index (χ1n) is 5.01. The lowest BCUT2D eigenvalue weighted by Crippen LogP contribution is -2.17. The van der Waals surface area contributed by atoms with E-state index in [9.17, 15) is 0 Å². The summed E-state index contributed by atoms with van der Waals surface area (Å²) in [7, 11) is 0. The zero-order chi connectivity index (χ0) is 11.4. The molecule has 0 saturated heterocycles. The van der Waals surface area contributed by atoms with Crippen molar-refractivity contribution in [1.29, 1.82) is 0 Å². The van der Waals surface area contributed by atoms with Gasteiger partial charge in [0.05, 0.1) is 0 Å². The Labute approximate surface area is 103 Å². The number of halogens is 1. The lowest BCUT2D eigenvalue weighted by molar-refractivity contribution is 0.785. The van der Waals surface area contributed by atoms with Crippen LogP contribution in [0.3, 0.4) is 0 Å². The molecule has 16 heavy (non-hydrogen) atoms. The average molecular weight is 254 g/mol. The van der Waals surface area contributed by atoms with E-state index >= 15 is 0 Å². The molecule has 84 valence electrons. The summed E-state index contributed by atoms with van der Waals surface area (Å²) in [5, 5.41) is 12.7. The van der Waals surface area contributed by atoms with Gasteiger partial charge in [-0.3, -0.25) is 0 Å². The van der Waals surface area contributed by atoms with E-state index in [1.54, 1.807) is 5.51 Å². The van der Waals surface area contributed by atoms with E-state index in [-0.39, 0.29) is 0 Å². The van der Waals surface area contributed by atoms with Crippen molar-refractivity contribution < 1.29 is 0 Å². The average Bonchev–Trinajstić information content (AvgIpc) is 2.74. The maximum Gasteiger partial charge on any atom is 0.205 e. The summed E-state index contributed by atoms with van der Waals surface area (Å²) in [6, 6.07) is 8.23. The van der Waals surface area contributed by atoms with Gasteiger partial charge in [-0.05, 0) is 31.0 Å². The van der Waals surface area contributed by atoms with E-state index in [0.717, 1.165) is 16.6 Å². The van der Waals surface area contributed by atoms with E-state index in [4.69, 9.17) is 11.6 Å². The molecule has 3 nitrogen and oxygen atoms in total. The fourth-order valence-corrected chi connectivity index (χ4v) is 2.16. The Morgan fingerprint density at radius 1 is 1.38 bits per heavy atom. The van der Waals surface area contributed by atoms with Crippen molar-refractivity contribution in [2.24, 2.45) is 0 Å². The van der Waals surface area contributed by atoms with Crippen molar-refractivity contribution in [3.63, 3.8) is 0 Å². The van der Waals surface area contributed by atoms with Gasteiger partial charge in [0.1, 0.15) is 5.51 Å². The minimum absolute atomic E-state index is 0.328. The summed E-state index contributed by atoms with van der Waals surface area (Å²) in [6.07, 6.45) is 0.941. The highest BCUT2D eigenvalue weighted by Gasteiger charge is 2.05. The van der Waals surface area contributed by atoms with Gasteiger partial charge in [0.25, 0.3) is 0 Å². The molecule has 0 aliphatic heterocycles. The second-order valence-corrected chi connectivity index (χ2v) is 4.89.